The monoisotopic (exact) mass is 1100 g/mol. The molecule has 1 atom stereocenters. The Hall–Kier alpha value is -3.67. The molecule has 0 aromatic carbocycles. The minimum absolute atomic E-state index is 0.0829. The van der Waals surface area contributed by atoms with Gasteiger partial charge in [-0.05, 0) is 96.3 Å². The summed E-state index contributed by atoms with van der Waals surface area (Å²) in [6.07, 6.45) is 90.0. The highest BCUT2D eigenvalue weighted by molar-refractivity contribution is 5.71. The molecule has 454 valence electrons. The van der Waals surface area contributed by atoms with E-state index in [9.17, 15) is 14.4 Å². The Morgan fingerprint density at radius 1 is 0.266 bits per heavy atom. The third-order valence-electron chi connectivity index (χ3n) is 14.6. The van der Waals surface area contributed by atoms with Gasteiger partial charge in [0.2, 0.25) is 0 Å². The zero-order valence-electron chi connectivity index (χ0n) is 52.1. The molecule has 0 saturated heterocycles. The predicted molar refractivity (Wildman–Crippen MR) is 344 cm³/mol. The third-order valence-corrected chi connectivity index (χ3v) is 14.6. The van der Waals surface area contributed by atoms with E-state index in [0.717, 1.165) is 122 Å². The van der Waals surface area contributed by atoms with E-state index in [2.05, 4.69) is 118 Å². The van der Waals surface area contributed by atoms with E-state index in [-0.39, 0.29) is 31.1 Å². The molecule has 0 spiro atoms. The lowest BCUT2D eigenvalue weighted by Crippen LogP contribution is -2.30. The fourth-order valence-electron chi connectivity index (χ4n) is 9.60. The van der Waals surface area contributed by atoms with Crippen molar-refractivity contribution in [3.05, 3.63) is 97.2 Å². The molecule has 0 saturated carbocycles. The molecule has 0 aromatic heterocycles. The average Bonchev–Trinajstić information content (AvgIpc) is 3.45. The van der Waals surface area contributed by atoms with Crippen LogP contribution in [0.25, 0.3) is 0 Å². The summed E-state index contributed by atoms with van der Waals surface area (Å²) in [6, 6.07) is 0. The lowest BCUT2D eigenvalue weighted by atomic mass is 10.0. The van der Waals surface area contributed by atoms with Crippen LogP contribution >= 0.6 is 0 Å². The van der Waals surface area contributed by atoms with Gasteiger partial charge in [0.25, 0.3) is 0 Å². The molecule has 0 N–H and O–H groups in total. The van der Waals surface area contributed by atoms with Crippen LogP contribution in [0.2, 0.25) is 0 Å². The second kappa shape index (κ2) is 66.8. The number of hydrogen-bond donors (Lipinski definition) is 0. The Morgan fingerprint density at radius 2 is 0.494 bits per heavy atom. The van der Waals surface area contributed by atoms with Crippen LogP contribution in [0.3, 0.4) is 0 Å². The molecule has 6 nitrogen and oxygen atoms in total. The topological polar surface area (TPSA) is 78.9 Å². The van der Waals surface area contributed by atoms with Gasteiger partial charge >= 0.3 is 17.9 Å². The van der Waals surface area contributed by atoms with Gasteiger partial charge in [0.15, 0.2) is 6.10 Å². The number of carbonyl (C=O) groups is 3. The van der Waals surface area contributed by atoms with Gasteiger partial charge in [0.1, 0.15) is 13.2 Å². The Balaban J connectivity index is 4.21. The maximum atomic E-state index is 12.9. The van der Waals surface area contributed by atoms with Gasteiger partial charge in [0, 0.05) is 19.3 Å². The van der Waals surface area contributed by atoms with E-state index in [4.69, 9.17) is 14.2 Å². The number of ether oxygens (including phenoxy) is 3. The third kappa shape index (κ3) is 65.0. The van der Waals surface area contributed by atoms with E-state index < -0.39 is 6.10 Å². The lowest BCUT2D eigenvalue weighted by molar-refractivity contribution is -0.167. The highest BCUT2D eigenvalue weighted by atomic mass is 16.6. The first-order valence-electron chi connectivity index (χ1n) is 33.7. The molecule has 0 heterocycles. The van der Waals surface area contributed by atoms with Gasteiger partial charge in [-0.2, -0.15) is 0 Å². The van der Waals surface area contributed by atoms with Crippen molar-refractivity contribution in [1.82, 2.24) is 0 Å². The van der Waals surface area contributed by atoms with Gasteiger partial charge in [-0.25, -0.2) is 0 Å². The number of esters is 3. The first-order chi connectivity index (χ1) is 39.0. The van der Waals surface area contributed by atoms with Crippen LogP contribution in [0.4, 0.5) is 0 Å². The van der Waals surface area contributed by atoms with Crippen LogP contribution in [0, 0.1) is 0 Å². The van der Waals surface area contributed by atoms with Crippen LogP contribution in [0.15, 0.2) is 97.2 Å². The predicted octanol–water partition coefficient (Wildman–Crippen LogP) is 23.2. The molecule has 0 aromatic rings. The first-order valence-corrected chi connectivity index (χ1v) is 33.7. The molecule has 0 rings (SSSR count). The molecule has 0 aliphatic rings. The van der Waals surface area contributed by atoms with Gasteiger partial charge in [-0.15, -0.1) is 0 Å². The van der Waals surface area contributed by atoms with E-state index in [0.29, 0.717) is 19.3 Å². The SMILES string of the molecule is CC/C=C\C/C=C\C/C=C\C/C=C\CCCCCCCCCCCCCCCCCCCCC(=O)OCC(COC(=O)CCCCCCCCCCCCCCC)OC(=O)CCCCCC/C=C\C/C=C\C/C=C\C/C=C\CC. The average molecular weight is 1100 g/mol. The summed E-state index contributed by atoms with van der Waals surface area (Å²) in [7, 11) is 0. The summed E-state index contributed by atoms with van der Waals surface area (Å²) in [5.41, 5.74) is 0. The molecule has 0 radical (unpaired) electrons. The highest BCUT2D eigenvalue weighted by Gasteiger charge is 2.19. The summed E-state index contributed by atoms with van der Waals surface area (Å²) in [4.78, 5) is 38.3. The van der Waals surface area contributed by atoms with Gasteiger partial charge in [-0.1, -0.05) is 311 Å². The van der Waals surface area contributed by atoms with E-state index >= 15 is 0 Å². The lowest BCUT2D eigenvalue weighted by Gasteiger charge is -2.18. The van der Waals surface area contributed by atoms with E-state index in [1.54, 1.807) is 0 Å². The van der Waals surface area contributed by atoms with Crippen LogP contribution in [0.1, 0.15) is 329 Å². The molecular weight excluding hydrogens is 973 g/mol. The van der Waals surface area contributed by atoms with Crippen LogP contribution in [0.5, 0.6) is 0 Å². The molecule has 1 unspecified atom stereocenters. The summed E-state index contributed by atoms with van der Waals surface area (Å²) in [6.45, 7) is 6.43. The number of rotatable bonds is 61. The van der Waals surface area contributed by atoms with Gasteiger partial charge in [0.05, 0.1) is 0 Å². The quantitative estimate of drug-likeness (QED) is 0.0261. The summed E-state index contributed by atoms with van der Waals surface area (Å²) in [5, 5.41) is 0. The highest BCUT2D eigenvalue weighted by Crippen LogP contribution is 2.17. The number of allylic oxidation sites excluding steroid dienone is 16. The van der Waals surface area contributed by atoms with Gasteiger partial charge in [-0.3, -0.25) is 14.4 Å². The minimum Gasteiger partial charge on any atom is -0.462 e. The molecule has 0 aliphatic carbocycles. The fraction of sp³-hybridized carbons (Fsp3) is 0.740. The molecule has 0 aliphatic heterocycles. The summed E-state index contributed by atoms with van der Waals surface area (Å²) >= 11 is 0. The minimum atomic E-state index is -0.788. The van der Waals surface area contributed by atoms with Crippen molar-refractivity contribution in [1.29, 1.82) is 0 Å². The largest absolute Gasteiger partial charge is 0.462 e. The first kappa shape index (κ1) is 75.3. The Bertz CT molecular complexity index is 1540. The molecule has 0 fully saturated rings. The van der Waals surface area contributed by atoms with Crippen molar-refractivity contribution in [3.8, 4) is 0 Å². The molecular formula is C73H126O6. The van der Waals surface area contributed by atoms with Crippen molar-refractivity contribution < 1.29 is 28.6 Å². The maximum Gasteiger partial charge on any atom is 0.306 e. The van der Waals surface area contributed by atoms with E-state index in [1.807, 2.05) is 0 Å². The normalized spacial score (nSPS) is 12.7. The molecule has 6 heteroatoms. The van der Waals surface area contributed by atoms with Crippen LogP contribution in [-0.4, -0.2) is 37.2 Å². The zero-order valence-corrected chi connectivity index (χ0v) is 52.1. The molecule has 0 bridgehead atoms. The van der Waals surface area contributed by atoms with Crippen molar-refractivity contribution >= 4 is 17.9 Å². The summed E-state index contributed by atoms with van der Waals surface area (Å²) < 4.78 is 16.9. The molecule has 79 heavy (non-hydrogen) atoms. The van der Waals surface area contributed by atoms with Crippen molar-refractivity contribution in [2.75, 3.05) is 13.2 Å². The molecule has 0 amide bonds. The van der Waals surface area contributed by atoms with Gasteiger partial charge < -0.3 is 14.2 Å². The van der Waals surface area contributed by atoms with Crippen molar-refractivity contribution in [2.24, 2.45) is 0 Å². The zero-order chi connectivity index (χ0) is 57.1. The standard InChI is InChI=1S/C73H126O6/c1-4-7-10-13-16-19-22-25-27-29-30-31-32-33-34-35-36-37-38-39-40-41-42-44-45-48-51-54-57-60-63-66-72(75)78-69-70(68-77-71(74)65-62-59-56-53-50-47-24-21-18-15-12-9-6-3)79-73(76)67-64-61-58-55-52-49-46-43-28-26-23-20-17-14-11-8-5-2/h7-8,10-11,16-17,19-20,25-28,30-31,46,49,70H,4-6,9,12-15,18,21-24,29,32-45,47-48,50-69H2,1-3H3/b10-7-,11-8-,19-16-,20-17-,27-25-,28-26-,31-30-,49-46-. The summed E-state index contributed by atoms with van der Waals surface area (Å²) in [5.74, 6) is -0.892. The van der Waals surface area contributed by atoms with Crippen molar-refractivity contribution in [2.45, 2.75) is 335 Å². The Kier molecular flexibility index (Phi) is 63.7. The van der Waals surface area contributed by atoms with Crippen LogP contribution < -0.4 is 0 Å². The number of carbonyl (C=O) groups excluding carboxylic acids is 3. The number of unbranched alkanes of at least 4 members (excludes halogenated alkanes) is 34. The Morgan fingerprint density at radius 3 is 0.772 bits per heavy atom. The second-order valence-electron chi connectivity index (χ2n) is 22.3. The smallest absolute Gasteiger partial charge is 0.306 e. The maximum absolute atomic E-state index is 12.9. The second-order valence-corrected chi connectivity index (χ2v) is 22.3. The van der Waals surface area contributed by atoms with E-state index in [1.165, 1.54) is 167 Å². The van der Waals surface area contributed by atoms with Crippen LogP contribution in [-0.2, 0) is 28.6 Å². The fourth-order valence-corrected chi connectivity index (χ4v) is 9.60. The van der Waals surface area contributed by atoms with Crippen molar-refractivity contribution in [3.63, 3.8) is 0 Å². The number of hydrogen-bond acceptors (Lipinski definition) is 6. The Labute approximate surface area is 489 Å².